The van der Waals surface area contributed by atoms with E-state index >= 15 is 0 Å². The van der Waals surface area contributed by atoms with E-state index < -0.39 is 20.2 Å². The molecule has 11 heteroatoms. The normalized spacial score (nSPS) is 12.9. The van der Waals surface area contributed by atoms with Gasteiger partial charge in [0.25, 0.3) is 5.56 Å². The quantitative estimate of drug-likeness (QED) is 0.240. The van der Waals surface area contributed by atoms with Gasteiger partial charge >= 0.3 is 0 Å². The molecule has 0 radical (unpaired) electrons. The molecule has 4 rings (SSSR count). The number of pyridine rings is 1. The van der Waals surface area contributed by atoms with Crippen LogP contribution in [0.3, 0.4) is 0 Å². The third-order valence-corrected chi connectivity index (χ3v) is 11.9. The van der Waals surface area contributed by atoms with E-state index in [4.69, 9.17) is 16.0 Å². The number of anilines is 2. The van der Waals surface area contributed by atoms with Gasteiger partial charge in [-0.05, 0) is 54.9 Å². The Morgan fingerprint density at radius 2 is 1.92 bits per heavy atom. The number of benzene rings is 1. The lowest BCUT2D eigenvalue weighted by molar-refractivity contribution is 0.161. The highest BCUT2D eigenvalue weighted by Gasteiger charge is 2.39. The molecule has 0 aliphatic rings. The lowest BCUT2D eigenvalue weighted by Crippen LogP contribution is -2.43. The Labute approximate surface area is 234 Å². The fourth-order valence-corrected chi connectivity index (χ4v) is 5.27. The molecule has 0 saturated carbocycles. The lowest BCUT2D eigenvalue weighted by Gasteiger charge is -2.39. The van der Waals surface area contributed by atoms with Crippen LogP contribution in [0.25, 0.3) is 11.3 Å². The number of halogens is 2. The van der Waals surface area contributed by atoms with Crippen molar-refractivity contribution in [3.8, 4) is 11.3 Å². The van der Waals surface area contributed by atoms with Gasteiger partial charge in [-0.25, -0.2) is 14.4 Å². The number of aryl methyl sites for hydroxylation is 2. The SMILES string of the molecule is Cc1nn(C)cc1Nc1nccc(-c2ccn(C[C@H](O[Si](C)(C)C(C)(C)C)c3ccc(Cl)c(F)c3)c(=O)c2)n1. The maximum absolute atomic E-state index is 14.4. The molecular weight excluding hydrogens is 535 g/mol. The van der Waals surface area contributed by atoms with Crippen molar-refractivity contribution in [2.75, 3.05) is 5.32 Å². The van der Waals surface area contributed by atoms with Gasteiger partial charge in [0.05, 0.1) is 34.7 Å². The number of hydrogen-bond acceptors (Lipinski definition) is 6. The maximum atomic E-state index is 14.4. The summed E-state index contributed by atoms with van der Waals surface area (Å²) in [6.07, 6.45) is 4.67. The summed E-state index contributed by atoms with van der Waals surface area (Å²) in [5.74, 6) is -0.115. The van der Waals surface area contributed by atoms with E-state index in [0.717, 1.165) is 11.4 Å². The molecule has 0 fully saturated rings. The summed E-state index contributed by atoms with van der Waals surface area (Å²) in [7, 11) is -0.415. The summed E-state index contributed by atoms with van der Waals surface area (Å²) >= 11 is 5.94. The first kappa shape index (κ1) is 28.7. The Hall–Kier alpha value is -3.34. The largest absolute Gasteiger partial charge is 0.408 e. The summed E-state index contributed by atoms with van der Waals surface area (Å²) in [5.41, 5.74) is 3.30. The van der Waals surface area contributed by atoms with Gasteiger partial charge in [-0.3, -0.25) is 9.48 Å². The predicted octanol–water partition coefficient (Wildman–Crippen LogP) is 6.65. The van der Waals surface area contributed by atoms with E-state index in [0.29, 0.717) is 22.8 Å². The third kappa shape index (κ3) is 6.63. The van der Waals surface area contributed by atoms with Crippen molar-refractivity contribution in [2.24, 2.45) is 7.05 Å². The zero-order valence-electron chi connectivity index (χ0n) is 23.3. The van der Waals surface area contributed by atoms with Crippen LogP contribution in [0.1, 0.15) is 38.1 Å². The average Bonchev–Trinajstić information content (AvgIpc) is 3.17. The second kappa shape index (κ2) is 11.0. The molecular formula is C28H34ClFN6O2Si. The molecule has 0 spiro atoms. The molecule has 0 amide bonds. The van der Waals surface area contributed by atoms with Gasteiger partial charge < -0.3 is 14.3 Å². The maximum Gasteiger partial charge on any atom is 0.251 e. The lowest BCUT2D eigenvalue weighted by atomic mass is 10.1. The van der Waals surface area contributed by atoms with Crippen molar-refractivity contribution in [3.05, 3.63) is 87.4 Å². The molecule has 4 aromatic rings. The van der Waals surface area contributed by atoms with Crippen molar-refractivity contribution < 1.29 is 8.82 Å². The van der Waals surface area contributed by atoms with Crippen LogP contribution in [0, 0.1) is 12.7 Å². The second-order valence-electron chi connectivity index (χ2n) is 11.1. The van der Waals surface area contributed by atoms with Crippen molar-refractivity contribution in [1.82, 2.24) is 24.3 Å². The standard InChI is InChI=1S/C28H34ClFN6O2Si/c1-18-24(16-35(5)34-18)33-27-31-12-10-23(32-27)19-11-13-36(26(37)15-19)17-25(38-39(6,7)28(2,3)4)20-8-9-21(29)22(30)14-20/h8-16,25H,17H2,1-7H3,(H,31,32,33)/t25-/m0/s1. The van der Waals surface area contributed by atoms with Crippen molar-refractivity contribution in [2.45, 2.75) is 58.5 Å². The molecule has 0 aliphatic carbocycles. The van der Waals surface area contributed by atoms with Crippen molar-refractivity contribution >= 4 is 31.6 Å². The molecule has 0 unspecified atom stereocenters. The fraction of sp³-hybridized carbons (Fsp3) is 0.357. The van der Waals surface area contributed by atoms with E-state index in [2.05, 4.69) is 54.2 Å². The zero-order chi connectivity index (χ0) is 28.5. The molecule has 0 aliphatic heterocycles. The topological polar surface area (TPSA) is 86.9 Å². The highest BCUT2D eigenvalue weighted by atomic mass is 35.5. The average molecular weight is 569 g/mol. The van der Waals surface area contributed by atoms with Crippen LogP contribution >= 0.6 is 11.6 Å². The van der Waals surface area contributed by atoms with Gasteiger partial charge in [0.15, 0.2) is 8.32 Å². The van der Waals surface area contributed by atoms with Crippen LogP contribution in [0.2, 0.25) is 23.2 Å². The molecule has 0 bridgehead atoms. The van der Waals surface area contributed by atoms with E-state index in [1.807, 2.05) is 26.2 Å². The molecule has 39 heavy (non-hydrogen) atoms. The molecule has 3 heterocycles. The monoisotopic (exact) mass is 568 g/mol. The van der Waals surface area contributed by atoms with Crippen molar-refractivity contribution in [1.29, 1.82) is 0 Å². The fourth-order valence-electron chi connectivity index (χ4n) is 3.87. The highest BCUT2D eigenvalue weighted by molar-refractivity contribution is 6.74. The van der Waals surface area contributed by atoms with E-state index in [9.17, 15) is 9.18 Å². The minimum Gasteiger partial charge on any atom is -0.408 e. The molecule has 1 atom stereocenters. The second-order valence-corrected chi connectivity index (χ2v) is 16.3. The van der Waals surface area contributed by atoms with E-state index in [1.54, 1.807) is 33.8 Å². The van der Waals surface area contributed by atoms with Gasteiger partial charge in [-0.2, -0.15) is 5.10 Å². The van der Waals surface area contributed by atoms with Crippen LogP contribution in [0.5, 0.6) is 0 Å². The first-order valence-electron chi connectivity index (χ1n) is 12.7. The van der Waals surface area contributed by atoms with Gasteiger partial charge in [-0.15, -0.1) is 0 Å². The Kier molecular flexibility index (Phi) is 8.11. The molecule has 0 saturated heterocycles. The first-order chi connectivity index (χ1) is 18.2. The van der Waals surface area contributed by atoms with Crippen LogP contribution in [0.4, 0.5) is 16.0 Å². The minimum atomic E-state index is -2.26. The predicted molar refractivity (Wildman–Crippen MR) is 155 cm³/mol. The third-order valence-electron chi connectivity index (χ3n) is 7.13. The summed E-state index contributed by atoms with van der Waals surface area (Å²) in [4.78, 5) is 22.1. The number of aromatic nitrogens is 5. The van der Waals surface area contributed by atoms with E-state index in [-0.39, 0.29) is 22.2 Å². The van der Waals surface area contributed by atoms with Gasteiger partial charge in [0.1, 0.15) is 5.82 Å². The summed E-state index contributed by atoms with van der Waals surface area (Å²) in [5, 5.41) is 7.47. The van der Waals surface area contributed by atoms with Crippen LogP contribution in [0.15, 0.2) is 59.8 Å². The molecule has 1 aromatic carbocycles. The molecule has 1 N–H and O–H groups in total. The van der Waals surface area contributed by atoms with Crippen LogP contribution in [-0.2, 0) is 18.0 Å². The van der Waals surface area contributed by atoms with Crippen molar-refractivity contribution in [3.63, 3.8) is 0 Å². The highest BCUT2D eigenvalue weighted by Crippen LogP contribution is 2.40. The number of hydrogen-bond donors (Lipinski definition) is 1. The molecule has 8 nitrogen and oxygen atoms in total. The smallest absolute Gasteiger partial charge is 0.251 e. The number of rotatable bonds is 8. The van der Waals surface area contributed by atoms with Gasteiger partial charge in [0.2, 0.25) is 5.95 Å². The van der Waals surface area contributed by atoms with E-state index in [1.165, 1.54) is 18.2 Å². The zero-order valence-corrected chi connectivity index (χ0v) is 25.0. The van der Waals surface area contributed by atoms with Crippen LogP contribution in [-0.4, -0.2) is 32.6 Å². The Morgan fingerprint density at radius 3 is 2.54 bits per heavy atom. The Morgan fingerprint density at radius 1 is 1.18 bits per heavy atom. The van der Waals surface area contributed by atoms with Gasteiger partial charge in [-0.1, -0.05) is 38.4 Å². The summed E-state index contributed by atoms with van der Waals surface area (Å²) in [6.45, 7) is 12.8. The summed E-state index contributed by atoms with van der Waals surface area (Å²) in [6, 6.07) is 9.77. The number of nitrogens with zero attached hydrogens (tertiary/aromatic N) is 5. The number of nitrogens with one attached hydrogen (secondary N) is 1. The Bertz CT molecular complexity index is 1550. The van der Waals surface area contributed by atoms with Crippen LogP contribution < -0.4 is 10.9 Å². The summed E-state index contributed by atoms with van der Waals surface area (Å²) < 4.78 is 24.4. The first-order valence-corrected chi connectivity index (χ1v) is 16.0. The molecule has 206 valence electrons. The minimum absolute atomic E-state index is 0.0451. The molecule has 3 aromatic heterocycles. The Balaban J connectivity index is 1.62. The van der Waals surface area contributed by atoms with Gasteiger partial charge in [0, 0.05) is 37.3 Å².